The second-order valence-corrected chi connectivity index (χ2v) is 3.91. The number of hydrogen-bond donors (Lipinski definition) is 1. The third-order valence-electron chi connectivity index (χ3n) is 2.43. The van der Waals surface area contributed by atoms with Crippen molar-refractivity contribution in [3.05, 3.63) is 11.9 Å². The summed E-state index contributed by atoms with van der Waals surface area (Å²) in [4.78, 5) is 0. The van der Waals surface area contributed by atoms with Gasteiger partial charge in [-0.15, -0.1) is 5.10 Å². The minimum absolute atomic E-state index is 0.0110. The van der Waals surface area contributed by atoms with Gasteiger partial charge >= 0.3 is 0 Å². The normalized spacial score (nSPS) is 12.9. The van der Waals surface area contributed by atoms with Crippen molar-refractivity contribution >= 4 is 0 Å². The summed E-state index contributed by atoms with van der Waals surface area (Å²) < 4.78 is 12.0. The molecule has 1 unspecified atom stereocenters. The third kappa shape index (κ3) is 5.25. The largest absolute Gasteiger partial charge is 0.382 e. The van der Waals surface area contributed by atoms with Crippen LogP contribution in [-0.2, 0) is 16.0 Å². The van der Waals surface area contributed by atoms with Crippen LogP contribution in [0.3, 0.4) is 0 Å². The summed E-state index contributed by atoms with van der Waals surface area (Å²) in [5, 5.41) is 8.07. The van der Waals surface area contributed by atoms with E-state index in [1.165, 1.54) is 0 Å². The lowest BCUT2D eigenvalue weighted by molar-refractivity contribution is 0.0652. The molecule has 98 valence electrons. The summed E-state index contributed by atoms with van der Waals surface area (Å²) in [6.45, 7) is 4.62. The maximum atomic E-state index is 5.95. The van der Waals surface area contributed by atoms with Crippen LogP contribution in [0.2, 0.25) is 0 Å². The monoisotopic (exact) mass is 242 g/mol. The molecule has 1 aromatic heterocycles. The fourth-order valence-corrected chi connectivity index (χ4v) is 1.45. The van der Waals surface area contributed by atoms with Gasteiger partial charge in [0.15, 0.2) is 0 Å². The highest BCUT2D eigenvalue weighted by molar-refractivity contribution is 4.99. The molecule has 0 aliphatic heterocycles. The highest BCUT2D eigenvalue weighted by Crippen LogP contribution is 2.11. The van der Waals surface area contributed by atoms with E-state index in [2.05, 4.69) is 17.2 Å². The van der Waals surface area contributed by atoms with Crippen molar-refractivity contribution in [1.82, 2.24) is 15.0 Å². The Hall–Kier alpha value is -0.980. The van der Waals surface area contributed by atoms with E-state index in [0.29, 0.717) is 26.4 Å². The van der Waals surface area contributed by atoms with Crippen LogP contribution >= 0.6 is 0 Å². The van der Waals surface area contributed by atoms with E-state index in [-0.39, 0.29) is 6.04 Å². The molecular weight excluding hydrogens is 220 g/mol. The Morgan fingerprint density at radius 2 is 2.24 bits per heavy atom. The Morgan fingerprint density at radius 3 is 2.94 bits per heavy atom. The summed E-state index contributed by atoms with van der Waals surface area (Å²) in [6.07, 6.45) is 3.87. The first-order valence-corrected chi connectivity index (χ1v) is 6.00. The molecule has 1 atom stereocenters. The van der Waals surface area contributed by atoms with Gasteiger partial charge in [0.05, 0.1) is 44.3 Å². The lowest BCUT2D eigenvalue weighted by Crippen LogP contribution is -2.10. The Morgan fingerprint density at radius 1 is 1.41 bits per heavy atom. The first kappa shape index (κ1) is 14.1. The molecule has 0 radical (unpaired) electrons. The molecule has 0 saturated heterocycles. The molecule has 17 heavy (non-hydrogen) atoms. The first-order chi connectivity index (χ1) is 8.27. The number of nitrogens with zero attached hydrogens (tertiary/aromatic N) is 3. The van der Waals surface area contributed by atoms with Crippen LogP contribution in [0.4, 0.5) is 0 Å². The molecule has 0 aliphatic carbocycles. The van der Waals surface area contributed by atoms with Crippen molar-refractivity contribution in [3.63, 3.8) is 0 Å². The Labute approximate surface area is 102 Å². The van der Waals surface area contributed by atoms with Gasteiger partial charge in [-0.1, -0.05) is 18.6 Å². The van der Waals surface area contributed by atoms with Gasteiger partial charge in [-0.25, -0.2) is 4.68 Å². The minimum Gasteiger partial charge on any atom is -0.382 e. The van der Waals surface area contributed by atoms with Crippen molar-refractivity contribution in [1.29, 1.82) is 0 Å². The quantitative estimate of drug-likeness (QED) is 0.646. The minimum atomic E-state index is -0.0110. The van der Waals surface area contributed by atoms with E-state index in [9.17, 15) is 0 Å². The Bertz CT molecular complexity index is 303. The summed E-state index contributed by atoms with van der Waals surface area (Å²) in [5.74, 6) is 0. The molecule has 0 fully saturated rings. The second-order valence-electron chi connectivity index (χ2n) is 3.91. The zero-order valence-electron chi connectivity index (χ0n) is 10.6. The standard InChI is InChI=1S/C11H22N4O2/c1-3-4-10(12)11-9-15(14-13-11)5-6-17-8-7-16-2/h9-10H,3-8,12H2,1-2H3. The van der Waals surface area contributed by atoms with Crippen molar-refractivity contribution in [3.8, 4) is 0 Å². The second kappa shape index (κ2) is 8.16. The zero-order valence-corrected chi connectivity index (χ0v) is 10.6. The summed E-state index contributed by atoms with van der Waals surface area (Å²) in [6, 6.07) is -0.0110. The summed E-state index contributed by atoms with van der Waals surface area (Å²) >= 11 is 0. The highest BCUT2D eigenvalue weighted by atomic mass is 16.5. The fourth-order valence-electron chi connectivity index (χ4n) is 1.45. The van der Waals surface area contributed by atoms with Crippen molar-refractivity contribution in [2.75, 3.05) is 26.9 Å². The molecule has 6 nitrogen and oxygen atoms in total. The van der Waals surface area contributed by atoms with Crippen LogP contribution in [0, 0.1) is 0 Å². The molecule has 0 amide bonds. The topological polar surface area (TPSA) is 75.2 Å². The zero-order chi connectivity index (χ0) is 12.5. The lowest BCUT2D eigenvalue weighted by atomic mass is 10.1. The van der Waals surface area contributed by atoms with E-state index in [1.807, 2.05) is 6.20 Å². The maximum Gasteiger partial charge on any atom is 0.0994 e. The van der Waals surface area contributed by atoms with Gasteiger partial charge in [-0.3, -0.25) is 0 Å². The van der Waals surface area contributed by atoms with E-state index in [0.717, 1.165) is 18.5 Å². The van der Waals surface area contributed by atoms with E-state index in [4.69, 9.17) is 15.2 Å². The number of methoxy groups -OCH3 is 1. The first-order valence-electron chi connectivity index (χ1n) is 6.00. The molecule has 0 aromatic carbocycles. The Balaban J connectivity index is 2.25. The molecule has 0 spiro atoms. The SMILES string of the molecule is CCCC(N)c1cn(CCOCCOC)nn1. The van der Waals surface area contributed by atoms with E-state index < -0.39 is 0 Å². The number of rotatable bonds is 9. The molecule has 2 N–H and O–H groups in total. The number of ether oxygens (including phenoxy) is 2. The van der Waals surface area contributed by atoms with E-state index in [1.54, 1.807) is 11.8 Å². The number of hydrogen-bond acceptors (Lipinski definition) is 5. The Kier molecular flexibility index (Phi) is 6.76. The highest BCUT2D eigenvalue weighted by Gasteiger charge is 2.09. The van der Waals surface area contributed by atoms with Crippen LogP contribution in [0.5, 0.6) is 0 Å². The molecule has 0 aliphatic rings. The predicted octanol–water partition coefficient (Wildman–Crippen LogP) is 0.741. The van der Waals surface area contributed by atoms with Gasteiger partial charge in [0.2, 0.25) is 0 Å². The predicted molar refractivity (Wildman–Crippen MR) is 64.6 cm³/mol. The van der Waals surface area contributed by atoms with Gasteiger partial charge in [0, 0.05) is 7.11 Å². The molecular formula is C11H22N4O2. The average molecular weight is 242 g/mol. The van der Waals surface area contributed by atoms with Gasteiger partial charge < -0.3 is 15.2 Å². The molecule has 0 saturated carbocycles. The van der Waals surface area contributed by atoms with Crippen LogP contribution in [0.15, 0.2) is 6.20 Å². The number of aromatic nitrogens is 3. The molecule has 0 bridgehead atoms. The van der Waals surface area contributed by atoms with Crippen LogP contribution in [-0.4, -0.2) is 41.9 Å². The van der Waals surface area contributed by atoms with Crippen LogP contribution in [0.25, 0.3) is 0 Å². The summed E-state index contributed by atoms with van der Waals surface area (Å²) in [5.41, 5.74) is 6.80. The van der Waals surface area contributed by atoms with E-state index >= 15 is 0 Å². The molecule has 1 rings (SSSR count). The average Bonchev–Trinajstić information content (AvgIpc) is 2.78. The van der Waals surface area contributed by atoms with Gasteiger partial charge in [-0.2, -0.15) is 0 Å². The number of nitrogens with two attached hydrogens (primary N) is 1. The summed E-state index contributed by atoms with van der Waals surface area (Å²) in [7, 11) is 1.65. The smallest absolute Gasteiger partial charge is 0.0994 e. The molecule has 1 aromatic rings. The maximum absolute atomic E-state index is 5.95. The van der Waals surface area contributed by atoms with Crippen LogP contribution < -0.4 is 5.73 Å². The van der Waals surface area contributed by atoms with Gasteiger partial charge in [-0.05, 0) is 6.42 Å². The molecule has 6 heteroatoms. The van der Waals surface area contributed by atoms with Gasteiger partial charge in [0.25, 0.3) is 0 Å². The third-order valence-corrected chi connectivity index (χ3v) is 2.43. The lowest BCUT2D eigenvalue weighted by Gasteiger charge is -2.05. The van der Waals surface area contributed by atoms with Crippen molar-refractivity contribution in [2.24, 2.45) is 5.73 Å². The van der Waals surface area contributed by atoms with Crippen LogP contribution in [0.1, 0.15) is 31.5 Å². The van der Waals surface area contributed by atoms with Gasteiger partial charge in [0.1, 0.15) is 0 Å². The van der Waals surface area contributed by atoms with Crippen molar-refractivity contribution < 1.29 is 9.47 Å². The van der Waals surface area contributed by atoms with Crippen molar-refractivity contribution in [2.45, 2.75) is 32.4 Å². The fraction of sp³-hybridized carbons (Fsp3) is 0.818. The molecule has 1 heterocycles.